The lowest BCUT2D eigenvalue weighted by atomic mass is 10.1. The summed E-state index contributed by atoms with van der Waals surface area (Å²) < 4.78 is 5.47. The van der Waals surface area contributed by atoms with Crippen molar-refractivity contribution in [3.63, 3.8) is 0 Å². The van der Waals surface area contributed by atoms with Gasteiger partial charge in [0.05, 0.1) is 13.7 Å². The van der Waals surface area contributed by atoms with Crippen molar-refractivity contribution >= 4 is 29.9 Å². The van der Waals surface area contributed by atoms with E-state index < -0.39 is 0 Å². The minimum absolute atomic E-state index is 0. The number of aliphatic imine (C=N–C) groups is 1. The molecule has 8 heteroatoms. The highest BCUT2D eigenvalue weighted by molar-refractivity contribution is 14.0. The van der Waals surface area contributed by atoms with Gasteiger partial charge in [-0.25, -0.2) is 9.98 Å². The Morgan fingerprint density at radius 3 is 2.77 bits per heavy atom. The zero-order valence-electron chi connectivity index (χ0n) is 17.6. The number of nitrogens with one attached hydrogen (secondary N) is 3. The maximum Gasteiger partial charge on any atom is 0.191 e. The third-order valence-electron chi connectivity index (χ3n) is 4.50. The molecule has 0 aliphatic heterocycles. The van der Waals surface area contributed by atoms with Crippen molar-refractivity contribution in [2.45, 2.75) is 26.8 Å². The topological polar surface area (TPSA) is 87.2 Å². The molecule has 7 nitrogen and oxygen atoms in total. The number of aromatic amines is 1. The van der Waals surface area contributed by atoms with Gasteiger partial charge in [0.1, 0.15) is 12.1 Å². The van der Waals surface area contributed by atoms with Gasteiger partial charge in [0.2, 0.25) is 0 Å². The number of hydrogen-bond acceptors (Lipinski definition) is 4. The zero-order valence-corrected chi connectivity index (χ0v) is 19.9. The molecule has 0 unspecified atom stereocenters. The Kier molecular flexibility index (Phi) is 9.59. The van der Waals surface area contributed by atoms with Crippen LogP contribution >= 0.6 is 24.0 Å². The van der Waals surface area contributed by atoms with Crippen molar-refractivity contribution in [3.05, 3.63) is 65.5 Å². The SMILES string of the molecule is CCNC(=NCc1cccc(-c2ncn[nH]2)c1)NCCc1cc(C)ccc1OC.I. The highest BCUT2D eigenvalue weighted by atomic mass is 127. The molecule has 0 fully saturated rings. The normalized spacial score (nSPS) is 11.0. The molecule has 3 N–H and O–H groups in total. The molecular weight excluding hydrogens is 491 g/mol. The number of ether oxygens (including phenoxy) is 1. The first kappa shape index (κ1) is 23.7. The number of nitrogens with zero attached hydrogens (tertiary/aromatic N) is 3. The average molecular weight is 520 g/mol. The van der Waals surface area contributed by atoms with Gasteiger partial charge in [-0.2, -0.15) is 5.10 Å². The third kappa shape index (κ3) is 6.72. The molecule has 0 aliphatic carbocycles. The van der Waals surface area contributed by atoms with Gasteiger partial charge in [-0.1, -0.05) is 35.9 Å². The monoisotopic (exact) mass is 520 g/mol. The summed E-state index contributed by atoms with van der Waals surface area (Å²) in [5.41, 5.74) is 4.53. The maximum atomic E-state index is 5.47. The maximum absolute atomic E-state index is 5.47. The Labute approximate surface area is 194 Å². The number of benzene rings is 2. The number of aromatic nitrogens is 3. The Morgan fingerprint density at radius 2 is 2.03 bits per heavy atom. The van der Waals surface area contributed by atoms with Crippen LogP contribution in [-0.2, 0) is 13.0 Å². The molecule has 0 atom stereocenters. The van der Waals surface area contributed by atoms with Gasteiger partial charge < -0.3 is 15.4 Å². The lowest BCUT2D eigenvalue weighted by Crippen LogP contribution is -2.38. The first-order valence-corrected chi connectivity index (χ1v) is 9.80. The van der Waals surface area contributed by atoms with Gasteiger partial charge in [0, 0.05) is 18.7 Å². The van der Waals surface area contributed by atoms with Crippen LogP contribution in [-0.4, -0.2) is 41.3 Å². The van der Waals surface area contributed by atoms with Crippen molar-refractivity contribution in [2.75, 3.05) is 20.2 Å². The number of aryl methyl sites for hydroxylation is 1. The van der Waals surface area contributed by atoms with E-state index in [0.29, 0.717) is 6.54 Å². The zero-order chi connectivity index (χ0) is 20.5. The summed E-state index contributed by atoms with van der Waals surface area (Å²) in [4.78, 5) is 8.92. The van der Waals surface area contributed by atoms with Crippen LogP contribution in [0.1, 0.15) is 23.6 Å². The molecule has 30 heavy (non-hydrogen) atoms. The van der Waals surface area contributed by atoms with Gasteiger partial charge in [0.15, 0.2) is 11.8 Å². The Bertz CT molecular complexity index is 943. The van der Waals surface area contributed by atoms with Crippen LogP contribution in [0.5, 0.6) is 5.75 Å². The molecule has 0 aliphatic rings. The van der Waals surface area contributed by atoms with Crippen LogP contribution in [0.2, 0.25) is 0 Å². The molecule has 1 aromatic heterocycles. The van der Waals surface area contributed by atoms with E-state index in [2.05, 4.69) is 63.9 Å². The molecular formula is C22H29IN6O. The summed E-state index contributed by atoms with van der Waals surface area (Å²) >= 11 is 0. The summed E-state index contributed by atoms with van der Waals surface area (Å²) in [5, 5.41) is 13.5. The van der Waals surface area contributed by atoms with Crippen molar-refractivity contribution in [1.82, 2.24) is 25.8 Å². The summed E-state index contributed by atoms with van der Waals surface area (Å²) in [6.07, 6.45) is 2.37. The molecule has 3 aromatic rings. The Balaban J connectivity index is 0.00000320. The predicted octanol–water partition coefficient (Wildman–Crippen LogP) is 3.70. The van der Waals surface area contributed by atoms with E-state index in [1.807, 2.05) is 18.2 Å². The molecule has 3 rings (SSSR count). The van der Waals surface area contributed by atoms with E-state index >= 15 is 0 Å². The van der Waals surface area contributed by atoms with Crippen molar-refractivity contribution in [1.29, 1.82) is 0 Å². The fourth-order valence-electron chi connectivity index (χ4n) is 3.09. The van der Waals surface area contributed by atoms with Gasteiger partial charge in [0.25, 0.3) is 0 Å². The Morgan fingerprint density at radius 1 is 1.17 bits per heavy atom. The molecule has 0 bridgehead atoms. The molecule has 0 spiro atoms. The van der Waals surface area contributed by atoms with E-state index in [4.69, 9.17) is 9.73 Å². The summed E-state index contributed by atoms with van der Waals surface area (Å²) in [6, 6.07) is 14.4. The number of rotatable bonds is 8. The van der Waals surface area contributed by atoms with E-state index in [0.717, 1.165) is 48.2 Å². The van der Waals surface area contributed by atoms with Crippen LogP contribution < -0.4 is 15.4 Å². The summed E-state index contributed by atoms with van der Waals surface area (Å²) in [6.45, 7) is 6.30. The average Bonchev–Trinajstić information content (AvgIpc) is 3.27. The largest absolute Gasteiger partial charge is 0.496 e. The lowest BCUT2D eigenvalue weighted by molar-refractivity contribution is 0.409. The Hall–Kier alpha value is -2.62. The highest BCUT2D eigenvalue weighted by Gasteiger charge is 2.05. The fourth-order valence-corrected chi connectivity index (χ4v) is 3.09. The number of hydrogen-bond donors (Lipinski definition) is 3. The second kappa shape index (κ2) is 12.2. The molecule has 2 aromatic carbocycles. The van der Waals surface area contributed by atoms with E-state index in [1.165, 1.54) is 17.5 Å². The summed E-state index contributed by atoms with van der Waals surface area (Å²) in [7, 11) is 1.71. The summed E-state index contributed by atoms with van der Waals surface area (Å²) in [5.74, 6) is 2.47. The highest BCUT2D eigenvalue weighted by Crippen LogP contribution is 2.20. The first-order valence-electron chi connectivity index (χ1n) is 9.80. The number of methoxy groups -OCH3 is 1. The second-order valence-electron chi connectivity index (χ2n) is 6.72. The molecule has 0 saturated heterocycles. The number of guanidine groups is 1. The smallest absolute Gasteiger partial charge is 0.191 e. The van der Waals surface area contributed by atoms with E-state index in [9.17, 15) is 0 Å². The van der Waals surface area contributed by atoms with Gasteiger partial charge in [-0.05, 0) is 43.5 Å². The van der Waals surface area contributed by atoms with Crippen LogP contribution in [0.4, 0.5) is 0 Å². The van der Waals surface area contributed by atoms with Gasteiger partial charge in [-0.15, -0.1) is 24.0 Å². The van der Waals surface area contributed by atoms with Gasteiger partial charge in [-0.3, -0.25) is 5.10 Å². The fraction of sp³-hybridized carbons (Fsp3) is 0.318. The lowest BCUT2D eigenvalue weighted by Gasteiger charge is -2.13. The third-order valence-corrected chi connectivity index (χ3v) is 4.50. The number of halogens is 1. The quantitative estimate of drug-likeness (QED) is 0.240. The van der Waals surface area contributed by atoms with Crippen molar-refractivity contribution in [3.8, 4) is 17.1 Å². The molecule has 0 amide bonds. The molecule has 0 radical (unpaired) electrons. The minimum Gasteiger partial charge on any atom is -0.496 e. The standard InChI is InChI=1S/C22H28N6O.HI/c1-4-23-22(24-11-10-18-12-16(2)8-9-20(18)29-3)25-14-17-6-5-7-19(13-17)21-26-15-27-28-21;/h5-9,12-13,15H,4,10-11,14H2,1-3H3,(H2,23,24,25)(H,26,27,28);1H. The van der Waals surface area contributed by atoms with Gasteiger partial charge >= 0.3 is 0 Å². The van der Waals surface area contributed by atoms with Crippen molar-refractivity contribution in [2.24, 2.45) is 4.99 Å². The minimum atomic E-state index is 0. The van der Waals surface area contributed by atoms with Crippen LogP contribution in [0.25, 0.3) is 11.4 Å². The van der Waals surface area contributed by atoms with E-state index in [1.54, 1.807) is 7.11 Å². The van der Waals surface area contributed by atoms with Crippen LogP contribution in [0, 0.1) is 6.92 Å². The number of H-pyrrole nitrogens is 1. The second-order valence-corrected chi connectivity index (χ2v) is 6.72. The van der Waals surface area contributed by atoms with Crippen LogP contribution in [0.15, 0.2) is 53.8 Å². The van der Waals surface area contributed by atoms with Crippen molar-refractivity contribution < 1.29 is 4.74 Å². The van der Waals surface area contributed by atoms with E-state index in [-0.39, 0.29) is 24.0 Å². The molecule has 1 heterocycles. The predicted molar refractivity (Wildman–Crippen MR) is 131 cm³/mol. The molecule has 0 saturated carbocycles. The van der Waals surface area contributed by atoms with Crippen LogP contribution in [0.3, 0.4) is 0 Å². The first-order chi connectivity index (χ1) is 14.2. The molecule has 160 valence electrons.